The van der Waals surface area contributed by atoms with Crippen LogP contribution in [0.5, 0.6) is 0 Å². The van der Waals surface area contributed by atoms with Gasteiger partial charge in [0.25, 0.3) is 0 Å². The van der Waals surface area contributed by atoms with Gasteiger partial charge < -0.3 is 0 Å². The molecule has 0 aromatic carbocycles. The molecule has 0 unspecified atom stereocenters. The van der Waals surface area contributed by atoms with Gasteiger partial charge in [0, 0.05) is 0 Å². The Hall–Kier alpha value is 0. The minimum absolute atomic E-state index is 0. The van der Waals surface area contributed by atoms with Gasteiger partial charge in [-0.15, -0.1) is 0 Å². The molecule has 0 fully saturated rings. The molecule has 0 saturated carbocycles. The van der Waals surface area contributed by atoms with Crippen LogP contribution in [0.2, 0.25) is 0 Å². The van der Waals surface area contributed by atoms with E-state index >= 15 is 0 Å². The van der Waals surface area contributed by atoms with E-state index in [4.69, 9.17) is 0 Å². The van der Waals surface area contributed by atoms with Crippen molar-refractivity contribution < 1.29 is 0 Å². The molecular weight excluding hydrogens is 420 g/mol. The highest BCUT2D eigenvalue weighted by atomic mass is 13.6. The molecule has 0 amide bonds. The van der Waals surface area contributed by atoms with Crippen molar-refractivity contribution in [1.82, 2.24) is 0 Å². The van der Waals surface area contributed by atoms with Gasteiger partial charge in [-0.1, -0.05) is 243 Å². The van der Waals surface area contributed by atoms with Crippen LogP contribution in [0.3, 0.4) is 0 Å². The largest absolute Gasteiger partial charge is 0.0776 e. The van der Waals surface area contributed by atoms with Crippen molar-refractivity contribution >= 4 is 0 Å². The van der Waals surface area contributed by atoms with Crippen molar-refractivity contribution in [2.24, 2.45) is 0 Å². The zero-order valence-electron chi connectivity index (χ0n) is 28.8. The number of unbranched alkanes of at least 4 members (excludes halogenated alkanes) is 2. The fourth-order valence-electron chi connectivity index (χ4n) is 0. The molecular formula is C35H106. The average Bonchev–Trinajstić information content (AvgIpc) is 2.96. The van der Waals surface area contributed by atoms with Crippen molar-refractivity contribution in [2.75, 3.05) is 0 Å². The molecule has 0 radical (unpaired) electrons. The molecule has 0 atom stereocenters. The SMILES string of the molecule is C.C.C.C.C.CC.CC.CC.CC.CC.CC.CC.CC.CC.CC.CC.CCCC.CCCC. The first-order valence-electron chi connectivity index (χ1n) is 14.8. The summed E-state index contributed by atoms with van der Waals surface area (Å²) in [5.74, 6) is 0. The van der Waals surface area contributed by atoms with Gasteiger partial charge in [0.1, 0.15) is 0 Å². The van der Waals surface area contributed by atoms with Crippen LogP contribution >= 0.6 is 0 Å². The van der Waals surface area contributed by atoms with Gasteiger partial charge in [-0.05, 0) is 0 Å². The molecule has 0 aliphatic carbocycles. The highest BCUT2D eigenvalue weighted by Gasteiger charge is 1.56. The summed E-state index contributed by atoms with van der Waals surface area (Å²) in [5, 5.41) is 0. The fourth-order valence-corrected chi connectivity index (χ4v) is 0. The van der Waals surface area contributed by atoms with Crippen LogP contribution in [-0.2, 0) is 0 Å². The molecule has 0 aliphatic heterocycles. The van der Waals surface area contributed by atoms with Gasteiger partial charge in [0.15, 0.2) is 0 Å². The Morgan fingerprint density at radius 3 is 0.200 bits per heavy atom. The predicted octanol–water partition coefficient (Wildman–Crippen LogP) is 18.1. The van der Waals surface area contributed by atoms with Crippen LogP contribution < -0.4 is 0 Å². The van der Waals surface area contributed by atoms with Crippen molar-refractivity contribution in [3.63, 3.8) is 0 Å². The first kappa shape index (κ1) is 140. The van der Waals surface area contributed by atoms with E-state index in [-0.39, 0.29) is 37.1 Å². The quantitative estimate of drug-likeness (QED) is 0.335. The summed E-state index contributed by atoms with van der Waals surface area (Å²) >= 11 is 0. The molecule has 0 rings (SSSR count). The molecule has 0 aromatic heterocycles. The van der Waals surface area contributed by atoms with Crippen LogP contribution in [0.4, 0.5) is 0 Å². The summed E-state index contributed by atoms with van der Waals surface area (Å²) in [6.45, 7) is 52.7. The standard InChI is InChI=1S/2C4H10.11C2H6.5CH4/c2*1-3-4-2;11*1-2;;;;;/h2*3-4H2,1-2H3;11*1-2H3;5*1H4. The molecule has 0 N–H and O–H groups in total. The van der Waals surface area contributed by atoms with Gasteiger partial charge in [-0.2, -0.15) is 0 Å². The third-order valence-electron chi connectivity index (χ3n) is 1.000. The van der Waals surface area contributed by atoms with Gasteiger partial charge in [0.05, 0.1) is 0 Å². The molecule has 0 aromatic rings. The lowest BCUT2D eigenvalue weighted by Gasteiger charge is -1.68. The van der Waals surface area contributed by atoms with Gasteiger partial charge >= 0.3 is 0 Å². The number of hydrogen-bond acceptors (Lipinski definition) is 0. The van der Waals surface area contributed by atoms with Crippen molar-refractivity contribution in [1.29, 1.82) is 0 Å². The molecule has 0 bridgehead atoms. The molecule has 0 heteroatoms. The second kappa shape index (κ2) is 2310. The maximum Gasteiger partial charge on any atom is -0.0564 e. The van der Waals surface area contributed by atoms with Gasteiger partial charge in [-0.3, -0.25) is 0 Å². The smallest absolute Gasteiger partial charge is 0.0564 e. The van der Waals surface area contributed by atoms with E-state index in [9.17, 15) is 0 Å². The maximum absolute atomic E-state index is 2.18. The first-order valence-corrected chi connectivity index (χ1v) is 14.8. The lowest BCUT2D eigenvalue weighted by atomic mass is 10.4. The maximum atomic E-state index is 2.18. The Kier molecular flexibility index (Phi) is 9260. The zero-order chi connectivity index (χ0) is 28.8. The van der Waals surface area contributed by atoms with Gasteiger partial charge in [-0.25, -0.2) is 0 Å². The normalized spacial score (nSPS) is 3.60. The molecule has 0 spiro atoms. The summed E-state index contributed by atoms with van der Waals surface area (Å²) in [6.07, 6.45) is 5.28. The predicted molar refractivity (Wildman–Crippen MR) is 200 cm³/mol. The van der Waals surface area contributed by atoms with Crippen LogP contribution in [0, 0.1) is 0 Å². The fraction of sp³-hybridized carbons (Fsp3) is 1.00. The van der Waals surface area contributed by atoms with E-state index in [1.807, 2.05) is 152 Å². The average molecular weight is 527 g/mol. The molecule has 0 nitrogen and oxygen atoms in total. The van der Waals surface area contributed by atoms with Gasteiger partial charge in [0.2, 0.25) is 0 Å². The highest BCUT2D eigenvalue weighted by molar-refractivity contribution is 4.13. The summed E-state index contributed by atoms with van der Waals surface area (Å²) < 4.78 is 0. The number of hydrogen-bond donors (Lipinski definition) is 0. The summed E-state index contributed by atoms with van der Waals surface area (Å²) in [4.78, 5) is 0. The van der Waals surface area contributed by atoms with Crippen molar-refractivity contribution in [3.8, 4) is 0 Å². The van der Waals surface area contributed by atoms with Crippen molar-refractivity contribution in [3.05, 3.63) is 0 Å². The highest BCUT2D eigenvalue weighted by Crippen LogP contribution is 1.77. The van der Waals surface area contributed by atoms with Crippen LogP contribution in [0.15, 0.2) is 0 Å². The topological polar surface area (TPSA) is 0 Å². The molecule has 246 valence electrons. The third-order valence-corrected chi connectivity index (χ3v) is 1.000. The first-order chi connectivity index (χ1) is 14.8. The van der Waals surface area contributed by atoms with Crippen molar-refractivity contribution in [2.45, 2.75) is 243 Å². The van der Waals surface area contributed by atoms with Crippen LogP contribution in [-0.4, -0.2) is 0 Å². The Labute approximate surface area is 242 Å². The minimum Gasteiger partial charge on any atom is -0.0776 e. The van der Waals surface area contributed by atoms with E-state index in [0.29, 0.717) is 0 Å². The summed E-state index contributed by atoms with van der Waals surface area (Å²) in [5.41, 5.74) is 0. The van der Waals surface area contributed by atoms with Crippen LogP contribution in [0.25, 0.3) is 0 Å². The summed E-state index contributed by atoms with van der Waals surface area (Å²) in [7, 11) is 0. The minimum atomic E-state index is 0. The van der Waals surface area contributed by atoms with E-state index in [1.54, 1.807) is 0 Å². The Balaban J connectivity index is -0.00000000560. The second-order valence-electron chi connectivity index (χ2n) is 2.00. The monoisotopic (exact) mass is 527 g/mol. The third kappa shape index (κ3) is 8700. The Morgan fingerprint density at radius 2 is 0.200 bits per heavy atom. The lowest BCUT2D eigenvalue weighted by molar-refractivity contribution is 0.886. The molecule has 0 aliphatic rings. The number of rotatable bonds is 2. The van der Waals surface area contributed by atoms with E-state index in [2.05, 4.69) is 27.7 Å². The van der Waals surface area contributed by atoms with E-state index < -0.39 is 0 Å². The second-order valence-corrected chi connectivity index (χ2v) is 2.00. The lowest BCUT2D eigenvalue weighted by Crippen LogP contribution is -1.47. The van der Waals surface area contributed by atoms with E-state index in [0.717, 1.165) is 0 Å². The Bertz CT molecular complexity index is 8.00. The Morgan fingerprint density at radius 1 is 0.171 bits per heavy atom. The summed E-state index contributed by atoms with van der Waals surface area (Å²) in [6, 6.07) is 0. The molecule has 35 heavy (non-hydrogen) atoms. The molecule has 0 heterocycles. The zero-order valence-corrected chi connectivity index (χ0v) is 28.8. The molecule has 0 saturated heterocycles. The van der Waals surface area contributed by atoms with E-state index in [1.165, 1.54) is 25.7 Å². The van der Waals surface area contributed by atoms with Crippen LogP contribution in [0.1, 0.15) is 243 Å².